The van der Waals surface area contributed by atoms with Gasteiger partial charge in [0.15, 0.2) is 5.11 Å². The molecule has 11 heteroatoms. The molecule has 2 N–H and O–H groups in total. The maximum Gasteiger partial charge on any atom is 0.306 e. The average Bonchev–Trinajstić information content (AvgIpc) is 2.71. The number of hydrogen-bond acceptors (Lipinski definition) is 7. The first-order chi connectivity index (χ1) is 14.2. The van der Waals surface area contributed by atoms with E-state index in [1.54, 1.807) is 12.1 Å². The summed E-state index contributed by atoms with van der Waals surface area (Å²) in [5.41, 5.74) is 0.542. The molecule has 166 valence electrons. The zero-order chi connectivity index (χ0) is 22.1. The average molecular weight is 457 g/mol. The van der Waals surface area contributed by atoms with Gasteiger partial charge in [-0.2, -0.15) is 4.31 Å². The van der Waals surface area contributed by atoms with E-state index in [0.717, 1.165) is 6.42 Å². The first-order valence-corrected chi connectivity index (χ1v) is 11.6. The van der Waals surface area contributed by atoms with Crippen molar-refractivity contribution >= 4 is 44.9 Å². The third kappa shape index (κ3) is 7.31. The number of nitrogens with one attached hydrogen (secondary N) is 2. The van der Waals surface area contributed by atoms with Crippen LogP contribution in [0, 0.1) is 0 Å². The van der Waals surface area contributed by atoms with E-state index in [-0.39, 0.29) is 22.8 Å². The van der Waals surface area contributed by atoms with Crippen molar-refractivity contribution in [1.82, 2.24) is 14.5 Å². The van der Waals surface area contributed by atoms with Gasteiger partial charge in [0.25, 0.3) is 0 Å². The first-order valence-electron chi connectivity index (χ1n) is 9.77. The van der Waals surface area contributed by atoms with Crippen molar-refractivity contribution < 1.29 is 22.7 Å². The number of benzene rings is 1. The zero-order valence-corrected chi connectivity index (χ0v) is 18.9. The molecule has 0 saturated carbocycles. The van der Waals surface area contributed by atoms with Crippen molar-refractivity contribution in [3.05, 3.63) is 24.3 Å². The number of nitrogens with zero attached hydrogens (tertiary/aromatic N) is 2. The van der Waals surface area contributed by atoms with Gasteiger partial charge in [0.05, 0.1) is 17.9 Å². The van der Waals surface area contributed by atoms with Crippen LogP contribution in [-0.4, -0.2) is 74.4 Å². The van der Waals surface area contributed by atoms with E-state index in [0.29, 0.717) is 38.5 Å². The lowest BCUT2D eigenvalue weighted by Crippen LogP contribution is -2.46. The Bertz CT molecular complexity index is 850. The quantitative estimate of drug-likeness (QED) is 0.443. The molecule has 9 nitrogen and oxygen atoms in total. The molecule has 0 spiro atoms. The summed E-state index contributed by atoms with van der Waals surface area (Å²) in [4.78, 5) is 25.6. The highest BCUT2D eigenvalue weighted by molar-refractivity contribution is 7.89. The molecule has 1 fully saturated rings. The molecular weight excluding hydrogens is 428 g/mol. The Morgan fingerprint density at radius 2 is 1.73 bits per heavy atom. The molecule has 1 amide bonds. The molecule has 0 aliphatic carbocycles. The maximum absolute atomic E-state index is 12.7. The number of carbonyl (C=O) groups excluding carboxylic acids is 2. The minimum absolute atomic E-state index is 0.0205. The van der Waals surface area contributed by atoms with E-state index in [1.165, 1.54) is 16.4 Å². The lowest BCUT2D eigenvalue weighted by atomic mass is 10.3. The van der Waals surface area contributed by atoms with Gasteiger partial charge >= 0.3 is 5.97 Å². The summed E-state index contributed by atoms with van der Waals surface area (Å²) in [5, 5.41) is 5.38. The number of hydrogen-bond donors (Lipinski definition) is 2. The molecule has 0 radical (unpaired) electrons. The molecular formula is C19H28N4O5S2. The Morgan fingerprint density at radius 1 is 1.10 bits per heavy atom. The fraction of sp³-hybridized carbons (Fsp3) is 0.526. The van der Waals surface area contributed by atoms with E-state index in [4.69, 9.17) is 17.0 Å². The second kappa shape index (κ2) is 11.3. The number of piperazine rings is 1. The summed E-state index contributed by atoms with van der Waals surface area (Å²) in [5.74, 6) is -0.835. The van der Waals surface area contributed by atoms with Gasteiger partial charge in [-0.15, -0.1) is 0 Å². The summed E-state index contributed by atoms with van der Waals surface area (Å²) in [6.45, 7) is 4.54. The third-order valence-electron chi connectivity index (χ3n) is 4.49. The Kier molecular flexibility index (Phi) is 9.15. The predicted molar refractivity (Wildman–Crippen MR) is 118 cm³/mol. The molecule has 0 atom stereocenters. The third-order valence-corrected chi connectivity index (χ3v) is 6.61. The second-order valence-corrected chi connectivity index (χ2v) is 9.30. The van der Waals surface area contributed by atoms with Crippen molar-refractivity contribution in [3.63, 3.8) is 0 Å². The first kappa shape index (κ1) is 24.2. The van der Waals surface area contributed by atoms with Crippen molar-refractivity contribution in [3.8, 4) is 0 Å². The lowest BCUT2D eigenvalue weighted by Gasteiger charge is -2.31. The Balaban J connectivity index is 1.84. The Morgan fingerprint density at radius 3 is 2.33 bits per heavy atom. The van der Waals surface area contributed by atoms with Gasteiger partial charge in [-0.1, -0.05) is 6.92 Å². The summed E-state index contributed by atoms with van der Waals surface area (Å²) in [6, 6.07) is 6.18. The Labute approximate surface area is 182 Å². The molecule has 30 heavy (non-hydrogen) atoms. The summed E-state index contributed by atoms with van der Waals surface area (Å²) in [6.07, 6.45) is 0.668. The van der Waals surface area contributed by atoms with Crippen LogP contribution >= 0.6 is 12.2 Å². The Hall–Kier alpha value is -2.08. The molecule has 1 saturated heterocycles. The van der Waals surface area contributed by atoms with Gasteiger partial charge in [0.1, 0.15) is 0 Å². The minimum atomic E-state index is -3.54. The summed E-state index contributed by atoms with van der Waals surface area (Å²) in [7, 11) is -1.58. The van der Waals surface area contributed by atoms with E-state index < -0.39 is 21.9 Å². The van der Waals surface area contributed by atoms with E-state index in [9.17, 15) is 18.0 Å². The van der Waals surface area contributed by atoms with E-state index in [2.05, 4.69) is 15.5 Å². The smallest absolute Gasteiger partial charge is 0.306 e. The number of thiocarbonyl (C=S) groups is 1. The van der Waals surface area contributed by atoms with Crippen molar-refractivity contribution in [2.75, 3.05) is 45.2 Å². The molecule has 1 aromatic carbocycles. The van der Waals surface area contributed by atoms with Crippen LogP contribution in [0.1, 0.15) is 26.2 Å². The number of anilines is 1. The molecule has 1 aromatic rings. The van der Waals surface area contributed by atoms with E-state index >= 15 is 0 Å². The number of rotatable bonds is 8. The molecule has 0 bridgehead atoms. The highest BCUT2D eigenvalue weighted by Crippen LogP contribution is 2.19. The maximum atomic E-state index is 12.7. The highest BCUT2D eigenvalue weighted by Gasteiger charge is 2.27. The van der Waals surface area contributed by atoms with Crippen LogP contribution in [0.2, 0.25) is 0 Å². The second-order valence-electron chi connectivity index (χ2n) is 6.95. The zero-order valence-electron chi connectivity index (χ0n) is 17.2. The van der Waals surface area contributed by atoms with Gasteiger partial charge in [-0.25, -0.2) is 8.42 Å². The van der Waals surface area contributed by atoms with Crippen molar-refractivity contribution in [2.45, 2.75) is 31.1 Å². The van der Waals surface area contributed by atoms with Gasteiger partial charge in [-0.3, -0.25) is 9.59 Å². The van der Waals surface area contributed by atoms with Crippen LogP contribution < -0.4 is 10.6 Å². The number of likely N-dealkylation sites (N-methyl/N-ethyl adjacent to an activating group) is 1. The van der Waals surface area contributed by atoms with Gasteiger partial charge in [0, 0.05) is 38.3 Å². The molecule has 1 aliphatic heterocycles. The predicted octanol–water partition coefficient (Wildman–Crippen LogP) is 1.17. The van der Waals surface area contributed by atoms with Crippen LogP contribution in [0.3, 0.4) is 0 Å². The summed E-state index contributed by atoms with van der Waals surface area (Å²) >= 11 is 5.09. The normalized spacial score (nSPS) is 15.4. The monoisotopic (exact) mass is 456 g/mol. The largest absolute Gasteiger partial charge is 0.466 e. The molecule has 0 aromatic heterocycles. The number of amides is 1. The van der Waals surface area contributed by atoms with Crippen molar-refractivity contribution in [2.24, 2.45) is 0 Å². The number of sulfonamides is 1. The van der Waals surface area contributed by atoms with Gasteiger partial charge in [-0.05, 0) is 50.0 Å². The van der Waals surface area contributed by atoms with Gasteiger partial charge < -0.3 is 20.3 Å². The van der Waals surface area contributed by atoms with Gasteiger partial charge in [0.2, 0.25) is 15.9 Å². The van der Waals surface area contributed by atoms with Crippen molar-refractivity contribution in [1.29, 1.82) is 0 Å². The van der Waals surface area contributed by atoms with E-state index in [1.807, 2.05) is 14.0 Å². The SMILES string of the molecule is CCCOC(=O)CCC(=O)NC(=S)Nc1ccc(S(=O)(=O)N2CCN(C)CC2)cc1. The molecule has 2 rings (SSSR count). The summed E-state index contributed by atoms with van der Waals surface area (Å²) < 4.78 is 31.8. The molecule has 0 unspecified atom stereocenters. The van der Waals surface area contributed by atoms with Crippen LogP contribution in [-0.2, 0) is 24.3 Å². The number of carbonyl (C=O) groups is 2. The molecule has 1 heterocycles. The molecule has 1 aliphatic rings. The van der Waals surface area contributed by atoms with Crippen LogP contribution in [0.5, 0.6) is 0 Å². The van der Waals surface area contributed by atoms with Crippen LogP contribution in [0.4, 0.5) is 5.69 Å². The topological polar surface area (TPSA) is 108 Å². The standard InChI is InChI=1S/C19H28N4O5S2/c1-3-14-28-18(25)9-8-17(24)21-19(29)20-15-4-6-16(7-5-15)30(26,27)23-12-10-22(2)11-13-23/h4-7H,3,8-14H2,1-2H3,(H2,20,21,24,29). The fourth-order valence-corrected chi connectivity index (χ4v) is 4.40. The van der Waals surface area contributed by atoms with Crippen LogP contribution in [0.15, 0.2) is 29.2 Å². The fourth-order valence-electron chi connectivity index (χ4n) is 2.74. The van der Waals surface area contributed by atoms with Crippen LogP contribution in [0.25, 0.3) is 0 Å². The minimum Gasteiger partial charge on any atom is -0.466 e. The number of ether oxygens (including phenoxy) is 1. The number of esters is 1. The lowest BCUT2D eigenvalue weighted by molar-refractivity contribution is -0.144. The highest BCUT2D eigenvalue weighted by atomic mass is 32.2.